The maximum atomic E-state index is 13.2. The van der Waals surface area contributed by atoms with Crippen LogP contribution in [0.4, 0.5) is 4.39 Å². The molecule has 2 aromatic carbocycles. The summed E-state index contributed by atoms with van der Waals surface area (Å²) in [6, 6.07) is 11.1. The Balaban J connectivity index is 2.17. The predicted molar refractivity (Wildman–Crippen MR) is 90.5 cm³/mol. The van der Waals surface area contributed by atoms with E-state index in [4.69, 9.17) is 9.88 Å². The Morgan fingerprint density at radius 1 is 1.15 bits per heavy atom. The molecule has 133 valence electrons. The number of rotatable bonds is 4. The van der Waals surface area contributed by atoms with Gasteiger partial charge >= 0.3 is 5.97 Å². The van der Waals surface area contributed by atoms with Crippen molar-refractivity contribution in [2.24, 2.45) is 5.14 Å². The predicted octanol–water partition coefficient (Wildman–Crippen LogP) is 1.91. The number of hydrogen-bond acceptors (Lipinski definition) is 5. The molecule has 0 bridgehead atoms. The van der Waals surface area contributed by atoms with Crippen LogP contribution in [0.1, 0.15) is 10.4 Å². The summed E-state index contributed by atoms with van der Waals surface area (Å²) in [5, 5.41) is 9.15. The van der Waals surface area contributed by atoms with Crippen LogP contribution in [0.3, 0.4) is 0 Å². The molecule has 0 atom stereocenters. The van der Waals surface area contributed by atoms with Gasteiger partial charge in [0, 0.05) is 5.56 Å². The minimum Gasteiger partial charge on any atom is -0.465 e. The normalized spacial score (nSPS) is 11.3. The molecule has 0 spiro atoms. The highest BCUT2D eigenvalue weighted by Crippen LogP contribution is 2.27. The molecule has 0 aliphatic heterocycles. The quantitative estimate of drug-likeness (QED) is 0.703. The van der Waals surface area contributed by atoms with Crippen molar-refractivity contribution in [2.75, 3.05) is 7.11 Å². The molecule has 0 amide bonds. The molecular weight excluding hydrogens is 361 g/mol. The second-order valence-electron chi connectivity index (χ2n) is 5.28. The molecule has 0 fully saturated rings. The van der Waals surface area contributed by atoms with Crippen LogP contribution in [0.25, 0.3) is 16.9 Å². The Morgan fingerprint density at radius 3 is 2.31 bits per heavy atom. The number of ether oxygens (including phenoxy) is 1. The van der Waals surface area contributed by atoms with Crippen molar-refractivity contribution in [3.8, 4) is 16.9 Å². The molecule has 1 radical (unpaired) electrons. The number of halogens is 1. The molecule has 26 heavy (non-hydrogen) atoms. The topological polar surface area (TPSA) is 104 Å². The Kier molecular flexibility index (Phi) is 4.58. The number of primary sulfonamides is 1. The van der Waals surface area contributed by atoms with Gasteiger partial charge in [-0.15, -0.1) is 0 Å². The van der Waals surface area contributed by atoms with E-state index in [2.05, 4.69) is 11.3 Å². The van der Waals surface area contributed by atoms with Crippen LogP contribution in [0.2, 0.25) is 0 Å². The summed E-state index contributed by atoms with van der Waals surface area (Å²) < 4.78 is 42.1. The Bertz CT molecular complexity index is 1060. The molecule has 0 saturated carbocycles. The fourth-order valence-electron chi connectivity index (χ4n) is 2.39. The third-order valence-electron chi connectivity index (χ3n) is 3.63. The number of esters is 1. The highest BCUT2D eigenvalue weighted by Gasteiger charge is 2.21. The number of hydrogen-bond donors (Lipinski definition) is 1. The first kappa shape index (κ1) is 17.8. The first-order valence-corrected chi connectivity index (χ1v) is 8.84. The molecular formula is C17H13FN3O4S. The van der Waals surface area contributed by atoms with Gasteiger partial charge in [0.15, 0.2) is 0 Å². The zero-order valence-corrected chi connectivity index (χ0v) is 14.3. The molecule has 0 unspecified atom stereocenters. The van der Waals surface area contributed by atoms with Crippen molar-refractivity contribution in [1.82, 2.24) is 9.78 Å². The van der Waals surface area contributed by atoms with Crippen LogP contribution in [-0.2, 0) is 14.8 Å². The van der Waals surface area contributed by atoms with Crippen LogP contribution >= 0.6 is 0 Å². The summed E-state index contributed by atoms with van der Waals surface area (Å²) in [6.07, 6.45) is 2.58. The van der Waals surface area contributed by atoms with Gasteiger partial charge in [0.2, 0.25) is 10.0 Å². The minimum absolute atomic E-state index is 0.0612. The smallest absolute Gasteiger partial charge is 0.342 e. The fourth-order valence-corrected chi connectivity index (χ4v) is 2.91. The van der Waals surface area contributed by atoms with E-state index in [1.807, 2.05) is 0 Å². The zero-order valence-electron chi connectivity index (χ0n) is 13.5. The summed E-state index contributed by atoms with van der Waals surface area (Å²) >= 11 is 0. The minimum atomic E-state index is -3.83. The largest absolute Gasteiger partial charge is 0.465 e. The van der Waals surface area contributed by atoms with E-state index < -0.39 is 21.8 Å². The van der Waals surface area contributed by atoms with Gasteiger partial charge in [-0.05, 0) is 48.5 Å². The Morgan fingerprint density at radius 2 is 1.77 bits per heavy atom. The third-order valence-corrected chi connectivity index (χ3v) is 4.56. The number of carbonyl (C=O) groups is 1. The van der Waals surface area contributed by atoms with Gasteiger partial charge in [-0.1, -0.05) is 0 Å². The van der Waals surface area contributed by atoms with E-state index in [1.165, 1.54) is 60.3 Å². The van der Waals surface area contributed by atoms with Crippen molar-refractivity contribution >= 4 is 16.0 Å². The second kappa shape index (κ2) is 6.70. The Labute approximate surface area is 148 Å². The third kappa shape index (κ3) is 3.35. The van der Waals surface area contributed by atoms with Crippen molar-refractivity contribution in [3.05, 3.63) is 66.1 Å². The first-order valence-electron chi connectivity index (χ1n) is 7.29. The van der Waals surface area contributed by atoms with Gasteiger partial charge in [-0.25, -0.2) is 27.4 Å². The van der Waals surface area contributed by atoms with Crippen molar-refractivity contribution < 1.29 is 22.3 Å². The highest BCUT2D eigenvalue weighted by molar-refractivity contribution is 7.89. The summed E-state index contributed by atoms with van der Waals surface area (Å²) in [5.74, 6) is -1.09. The molecule has 0 aliphatic rings. The molecule has 1 heterocycles. The number of methoxy groups -OCH3 is 1. The molecule has 3 aromatic rings. The van der Waals surface area contributed by atoms with E-state index in [0.717, 1.165) is 0 Å². The van der Waals surface area contributed by atoms with Gasteiger partial charge in [-0.3, -0.25) is 0 Å². The summed E-state index contributed by atoms with van der Waals surface area (Å²) in [6.45, 7) is 0. The number of aromatic nitrogens is 2. The number of nitrogens with two attached hydrogens (primary N) is 1. The summed E-state index contributed by atoms with van der Waals surface area (Å²) in [5.41, 5.74) is 1.37. The zero-order chi connectivity index (χ0) is 18.9. The van der Waals surface area contributed by atoms with Crippen LogP contribution < -0.4 is 5.14 Å². The number of sulfonamides is 1. The van der Waals surface area contributed by atoms with Gasteiger partial charge in [0.05, 0.1) is 23.4 Å². The van der Waals surface area contributed by atoms with E-state index in [-0.39, 0.29) is 10.5 Å². The molecule has 9 heteroatoms. The van der Waals surface area contributed by atoms with E-state index >= 15 is 0 Å². The van der Waals surface area contributed by atoms with Crippen LogP contribution in [0, 0.1) is 12.0 Å². The SMILES string of the molecule is COC(=O)c1[c]nn(-c2ccc(S(N)(=O)=O)cc2)c1-c1ccc(F)cc1. The maximum absolute atomic E-state index is 13.2. The van der Waals surface area contributed by atoms with Crippen molar-refractivity contribution in [2.45, 2.75) is 4.90 Å². The van der Waals surface area contributed by atoms with E-state index in [9.17, 15) is 17.6 Å². The van der Waals surface area contributed by atoms with Crippen molar-refractivity contribution in [3.63, 3.8) is 0 Å². The molecule has 7 nitrogen and oxygen atoms in total. The summed E-state index contributed by atoms with van der Waals surface area (Å²) in [7, 11) is -2.61. The van der Waals surface area contributed by atoms with Gasteiger partial charge in [-0.2, -0.15) is 5.10 Å². The van der Waals surface area contributed by atoms with E-state index in [1.54, 1.807) is 0 Å². The Hall–Kier alpha value is -3.04. The second-order valence-corrected chi connectivity index (χ2v) is 6.85. The molecule has 0 aliphatic carbocycles. The van der Waals surface area contributed by atoms with E-state index in [0.29, 0.717) is 16.9 Å². The highest BCUT2D eigenvalue weighted by atomic mass is 32.2. The molecule has 0 saturated heterocycles. The number of benzene rings is 2. The molecule has 2 N–H and O–H groups in total. The molecule has 1 aromatic heterocycles. The first-order chi connectivity index (χ1) is 12.3. The van der Waals surface area contributed by atoms with Crippen molar-refractivity contribution in [1.29, 1.82) is 0 Å². The number of nitrogens with zero attached hydrogens (tertiary/aromatic N) is 2. The average Bonchev–Trinajstić information content (AvgIpc) is 3.06. The number of carbonyl (C=O) groups excluding carboxylic acids is 1. The standard InChI is InChI=1S/C17H13FN3O4S/c1-25-17(22)15-10-20-21(16(15)11-2-4-12(18)5-3-11)13-6-8-14(9-7-13)26(19,23)24/h2-9H,1H3,(H2,19,23,24). The lowest BCUT2D eigenvalue weighted by molar-refractivity contribution is 0.0601. The van der Waals surface area contributed by atoms with Gasteiger partial charge in [0.1, 0.15) is 17.6 Å². The van der Waals surface area contributed by atoms with Gasteiger partial charge in [0.25, 0.3) is 0 Å². The maximum Gasteiger partial charge on any atom is 0.342 e. The van der Waals surface area contributed by atoms with Crippen LogP contribution in [-0.4, -0.2) is 31.3 Å². The fraction of sp³-hybridized carbons (Fsp3) is 0.0588. The van der Waals surface area contributed by atoms with Crippen LogP contribution in [0.15, 0.2) is 53.4 Å². The lowest BCUT2D eigenvalue weighted by Gasteiger charge is -2.10. The lowest BCUT2D eigenvalue weighted by Crippen LogP contribution is -2.12. The van der Waals surface area contributed by atoms with Crippen LogP contribution in [0.5, 0.6) is 0 Å². The average molecular weight is 374 g/mol. The monoisotopic (exact) mass is 374 g/mol. The molecule has 3 rings (SSSR count). The summed E-state index contributed by atoms with van der Waals surface area (Å²) in [4.78, 5) is 12.0. The van der Waals surface area contributed by atoms with Gasteiger partial charge < -0.3 is 4.74 Å². The lowest BCUT2D eigenvalue weighted by atomic mass is 10.1.